The van der Waals surface area contributed by atoms with Gasteiger partial charge in [0.2, 0.25) is 5.88 Å². The highest BCUT2D eigenvalue weighted by Gasteiger charge is 2.45. The quantitative estimate of drug-likeness (QED) is 0.282. The van der Waals surface area contributed by atoms with Gasteiger partial charge in [0.15, 0.2) is 12.4 Å². The van der Waals surface area contributed by atoms with Crippen molar-refractivity contribution in [1.82, 2.24) is 19.9 Å². The summed E-state index contributed by atoms with van der Waals surface area (Å²) in [7, 11) is 0. The average molecular weight is 530 g/mol. The van der Waals surface area contributed by atoms with Crippen molar-refractivity contribution in [3.63, 3.8) is 0 Å². The van der Waals surface area contributed by atoms with E-state index in [2.05, 4.69) is 19.9 Å². The summed E-state index contributed by atoms with van der Waals surface area (Å²) in [5, 5.41) is 0.563. The Morgan fingerprint density at radius 1 is 0.947 bits per heavy atom. The number of aromatic nitrogens is 3. The highest BCUT2D eigenvalue weighted by atomic mass is 19.4. The number of hydrogen-bond acceptors (Lipinski definition) is 6. The largest absolute Gasteiger partial charge is 0.467 e. The summed E-state index contributed by atoms with van der Waals surface area (Å²) in [5.41, 5.74) is -0.521. The van der Waals surface area contributed by atoms with E-state index in [9.17, 15) is 17.6 Å². The van der Waals surface area contributed by atoms with Crippen molar-refractivity contribution in [2.45, 2.75) is 37.4 Å². The highest BCUT2D eigenvalue weighted by Crippen LogP contribution is 2.40. The number of fused-ring (bicyclic) bond motifs is 3. The molecule has 6 rings (SSSR count). The molecule has 0 bridgehead atoms. The Bertz CT molecular complexity index is 1510. The minimum Gasteiger partial charge on any atom is -0.467 e. The van der Waals surface area contributed by atoms with Crippen molar-refractivity contribution in [1.29, 1.82) is 0 Å². The second-order valence-electron chi connectivity index (χ2n) is 9.75. The van der Waals surface area contributed by atoms with Gasteiger partial charge in [-0.15, -0.1) is 0 Å². The van der Waals surface area contributed by atoms with Gasteiger partial charge >= 0.3 is 12.2 Å². The van der Waals surface area contributed by atoms with Crippen molar-refractivity contribution >= 4 is 21.7 Å². The van der Waals surface area contributed by atoms with Gasteiger partial charge in [-0.3, -0.25) is 9.88 Å². The van der Waals surface area contributed by atoms with E-state index >= 15 is 4.39 Å². The second kappa shape index (κ2) is 9.30. The van der Waals surface area contributed by atoms with Crippen LogP contribution in [0.5, 0.6) is 11.9 Å². The second-order valence-corrected chi connectivity index (χ2v) is 9.75. The van der Waals surface area contributed by atoms with Crippen molar-refractivity contribution in [3.8, 4) is 23.1 Å². The van der Waals surface area contributed by atoms with Crippen LogP contribution in [0.2, 0.25) is 0 Å². The Kier molecular flexibility index (Phi) is 6.05. The molecular formula is C27H23F5N4O2. The summed E-state index contributed by atoms with van der Waals surface area (Å²) in [6.07, 6.45) is 0.384. The van der Waals surface area contributed by atoms with E-state index in [1.807, 2.05) is 0 Å². The van der Waals surface area contributed by atoms with E-state index in [1.54, 1.807) is 24.3 Å². The van der Waals surface area contributed by atoms with Crippen molar-refractivity contribution in [3.05, 3.63) is 54.2 Å². The van der Waals surface area contributed by atoms with Gasteiger partial charge in [0.1, 0.15) is 23.6 Å². The van der Waals surface area contributed by atoms with Crippen LogP contribution in [-0.2, 0) is 0 Å². The first-order valence-electron chi connectivity index (χ1n) is 12.4. The molecule has 2 saturated heterocycles. The van der Waals surface area contributed by atoms with Gasteiger partial charge in [-0.05, 0) is 50.2 Å². The molecule has 0 saturated carbocycles. The molecule has 0 spiro atoms. The maximum absolute atomic E-state index is 16.0. The zero-order valence-electron chi connectivity index (χ0n) is 20.2. The number of halogens is 5. The Morgan fingerprint density at radius 2 is 1.68 bits per heavy atom. The normalized spacial score (nSPS) is 17.3. The first-order chi connectivity index (χ1) is 18.2. The van der Waals surface area contributed by atoms with Crippen LogP contribution in [-0.4, -0.2) is 57.9 Å². The van der Waals surface area contributed by atoms with Gasteiger partial charge in [-0.25, -0.2) is 8.78 Å². The maximum atomic E-state index is 16.0. The molecule has 4 aromatic rings. The number of rotatable bonds is 6. The van der Waals surface area contributed by atoms with Gasteiger partial charge in [-0.2, -0.15) is 23.1 Å². The van der Waals surface area contributed by atoms with Crippen LogP contribution in [0.25, 0.3) is 32.9 Å². The molecule has 0 aliphatic carbocycles. The molecule has 198 valence electrons. The Labute approximate surface area is 214 Å². The van der Waals surface area contributed by atoms with Crippen LogP contribution in [0, 0.1) is 11.6 Å². The van der Waals surface area contributed by atoms with Crippen LogP contribution >= 0.6 is 0 Å². The maximum Gasteiger partial charge on any atom is 0.422 e. The van der Waals surface area contributed by atoms with E-state index in [-0.39, 0.29) is 45.7 Å². The zero-order valence-corrected chi connectivity index (χ0v) is 20.2. The number of benzene rings is 2. The lowest BCUT2D eigenvalue weighted by atomic mass is 9.95. The molecule has 0 N–H and O–H groups in total. The third-order valence-corrected chi connectivity index (χ3v) is 7.39. The van der Waals surface area contributed by atoms with E-state index in [0.717, 1.165) is 45.0 Å². The fourth-order valence-electron chi connectivity index (χ4n) is 5.68. The highest BCUT2D eigenvalue weighted by molar-refractivity contribution is 5.98. The van der Waals surface area contributed by atoms with Crippen LogP contribution in [0.3, 0.4) is 0 Å². The minimum atomic E-state index is -4.64. The summed E-state index contributed by atoms with van der Waals surface area (Å²) in [6, 6.07) is 9.06. The molecule has 2 aliphatic rings. The predicted molar refractivity (Wildman–Crippen MR) is 130 cm³/mol. The number of nitrogens with zero attached hydrogens (tertiary/aromatic N) is 4. The van der Waals surface area contributed by atoms with Gasteiger partial charge in [0, 0.05) is 17.1 Å². The molecular weight excluding hydrogens is 507 g/mol. The standard InChI is InChI=1S/C27H23F5N4O2/c28-19-8-2-6-16-5-1-7-17(20(16)19)22-21(29)23-18(13-33-22)24(37-15-27(30,31)32)35-25(34-23)38-14-26-9-3-11-36(26)12-4-10-26/h1-2,5-8,13H,3-4,9-12,14-15H2. The minimum absolute atomic E-state index is 0.148. The van der Waals surface area contributed by atoms with Crippen LogP contribution < -0.4 is 9.47 Å². The number of pyridine rings is 1. The van der Waals surface area contributed by atoms with Crippen LogP contribution in [0.1, 0.15) is 25.7 Å². The lowest BCUT2D eigenvalue weighted by molar-refractivity contribution is -0.153. The summed E-state index contributed by atoms with van der Waals surface area (Å²) in [4.78, 5) is 14.7. The topological polar surface area (TPSA) is 60.4 Å². The van der Waals surface area contributed by atoms with Gasteiger partial charge in [0.05, 0.1) is 10.9 Å². The van der Waals surface area contributed by atoms with E-state index in [4.69, 9.17) is 9.47 Å². The van der Waals surface area contributed by atoms with Crippen LogP contribution in [0.4, 0.5) is 22.0 Å². The average Bonchev–Trinajstić information content (AvgIpc) is 3.47. The molecule has 0 amide bonds. The number of ether oxygens (including phenoxy) is 2. The first kappa shape index (κ1) is 24.7. The summed E-state index contributed by atoms with van der Waals surface area (Å²) < 4.78 is 80.4. The molecule has 4 heterocycles. The molecule has 6 nitrogen and oxygen atoms in total. The van der Waals surface area contributed by atoms with Crippen molar-refractivity contribution in [2.75, 3.05) is 26.3 Å². The van der Waals surface area contributed by atoms with Crippen molar-refractivity contribution < 1.29 is 31.4 Å². The summed E-state index contributed by atoms with van der Waals surface area (Å²) >= 11 is 0. The summed E-state index contributed by atoms with van der Waals surface area (Å²) in [5.74, 6) is -1.99. The van der Waals surface area contributed by atoms with E-state index in [0.29, 0.717) is 5.39 Å². The SMILES string of the molecule is Fc1c(-c2cccc3cccc(F)c23)ncc2c(OCC(F)(F)F)nc(OCC34CCCN3CCC4)nc12. The van der Waals surface area contributed by atoms with Gasteiger partial charge in [0.25, 0.3) is 0 Å². The lowest BCUT2D eigenvalue weighted by Gasteiger charge is -2.31. The van der Waals surface area contributed by atoms with Gasteiger partial charge in [-0.1, -0.05) is 30.3 Å². The third kappa shape index (κ3) is 4.38. The molecule has 0 unspecified atom stereocenters. The third-order valence-electron chi connectivity index (χ3n) is 7.39. The molecule has 2 aromatic heterocycles. The van der Waals surface area contributed by atoms with Gasteiger partial charge < -0.3 is 9.47 Å². The lowest BCUT2D eigenvalue weighted by Crippen LogP contribution is -2.43. The molecule has 0 atom stereocenters. The van der Waals surface area contributed by atoms with E-state index in [1.165, 1.54) is 12.1 Å². The fraction of sp³-hybridized carbons (Fsp3) is 0.370. The molecule has 11 heteroatoms. The number of alkyl halides is 3. The van der Waals surface area contributed by atoms with E-state index < -0.39 is 30.3 Å². The Morgan fingerprint density at radius 3 is 2.42 bits per heavy atom. The zero-order chi connectivity index (χ0) is 26.5. The predicted octanol–water partition coefficient (Wildman–Crippen LogP) is 6.07. The Hall–Kier alpha value is -3.60. The smallest absolute Gasteiger partial charge is 0.422 e. The monoisotopic (exact) mass is 530 g/mol. The molecule has 2 fully saturated rings. The molecule has 2 aliphatic heterocycles. The fourth-order valence-corrected chi connectivity index (χ4v) is 5.68. The Balaban J connectivity index is 1.45. The molecule has 38 heavy (non-hydrogen) atoms. The van der Waals surface area contributed by atoms with Crippen LogP contribution in [0.15, 0.2) is 42.6 Å². The first-order valence-corrected chi connectivity index (χ1v) is 12.4. The molecule has 0 radical (unpaired) electrons. The van der Waals surface area contributed by atoms with Crippen molar-refractivity contribution in [2.24, 2.45) is 0 Å². The summed E-state index contributed by atoms with van der Waals surface area (Å²) in [6.45, 7) is 0.500. The molecule has 2 aromatic carbocycles. The number of hydrogen-bond donors (Lipinski definition) is 0.